The van der Waals surface area contributed by atoms with Gasteiger partial charge in [0.25, 0.3) is 0 Å². The van der Waals surface area contributed by atoms with Gasteiger partial charge >= 0.3 is 64.9 Å². The fourth-order valence-electron chi connectivity index (χ4n) is 3.96. The van der Waals surface area contributed by atoms with Gasteiger partial charge in [0.15, 0.2) is 5.78 Å². The molecule has 166 valence electrons. The van der Waals surface area contributed by atoms with Crippen LogP contribution in [0.5, 0.6) is 0 Å². The molecule has 2 atom stereocenters. The van der Waals surface area contributed by atoms with Gasteiger partial charge in [-0.05, 0) is 44.2 Å². The van der Waals surface area contributed by atoms with E-state index in [4.69, 9.17) is 0 Å². The van der Waals surface area contributed by atoms with Crippen LogP contribution < -0.4 is 0 Å². The molecule has 1 aliphatic heterocycles. The number of carbonyl (C=O) groups is 1. The standard InChI is InChI=1S/C17H19NO.3C2H6.3HI.V/c1-10-11(2)18-15-9-4-3-6-12(15)13-7-5-8-14(16(13)18)17(10)19;3*1-2;;;;/h5,7-8,10-11H,3-4,6,9H2,1-2H3;3*1-2H3;3*1H;/q;;;;;;;+3/p-3. The minimum absolute atomic E-state index is 0.0940. The zero-order chi connectivity index (χ0) is 22.7. The van der Waals surface area contributed by atoms with Crippen LogP contribution in [0.2, 0.25) is 0 Å². The summed E-state index contributed by atoms with van der Waals surface area (Å²) in [6, 6.07) is 6.56. The van der Waals surface area contributed by atoms with Gasteiger partial charge in [0.2, 0.25) is 0 Å². The van der Waals surface area contributed by atoms with Crippen molar-refractivity contribution in [2.24, 2.45) is 5.92 Å². The summed E-state index contributed by atoms with van der Waals surface area (Å²) in [6.07, 6.45) is 4.92. The van der Waals surface area contributed by atoms with Crippen LogP contribution in [0.15, 0.2) is 18.2 Å². The minimum atomic E-state index is -0.278. The van der Waals surface area contributed by atoms with Crippen molar-refractivity contribution in [2.75, 3.05) is 0 Å². The van der Waals surface area contributed by atoms with Gasteiger partial charge in [0.05, 0.1) is 5.52 Å². The molecule has 6 heteroatoms. The van der Waals surface area contributed by atoms with Gasteiger partial charge in [-0.3, -0.25) is 4.79 Å². The second-order valence-electron chi connectivity index (χ2n) is 6.29. The Labute approximate surface area is 216 Å². The zero-order valence-corrected chi connectivity index (χ0v) is 27.0. The van der Waals surface area contributed by atoms with Gasteiger partial charge in [0.1, 0.15) is 0 Å². The fourth-order valence-corrected chi connectivity index (χ4v) is 3.96. The molecule has 0 fully saturated rings. The Hall–Kier alpha value is 1.20. The number of para-hydroxylation sites is 1. The van der Waals surface area contributed by atoms with Gasteiger partial charge < -0.3 is 4.57 Å². The molecule has 0 saturated heterocycles. The van der Waals surface area contributed by atoms with E-state index in [0.29, 0.717) is 11.8 Å². The van der Waals surface area contributed by atoms with E-state index < -0.39 is 0 Å². The Bertz CT molecular complexity index is 755. The Morgan fingerprint density at radius 1 is 0.931 bits per heavy atom. The number of benzene rings is 1. The maximum atomic E-state index is 12.5. The molecule has 2 nitrogen and oxygen atoms in total. The number of rotatable bonds is 0. The summed E-state index contributed by atoms with van der Waals surface area (Å²) in [4.78, 5) is 12.2. The van der Waals surface area contributed by atoms with Crippen molar-refractivity contribution in [2.45, 2.75) is 87.1 Å². The molecule has 1 aliphatic carbocycles. The first-order chi connectivity index (χ1) is 13.9. The molecular weight excluding hydrogens is 738 g/mol. The Kier molecular flexibility index (Phi) is 16.6. The van der Waals surface area contributed by atoms with Crippen molar-refractivity contribution in [3.63, 3.8) is 0 Å². The van der Waals surface area contributed by atoms with E-state index >= 15 is 0 Å². The van der Waals surface area contributed by atoms with Crippen LogP contribution >= 0.6 is 59.9 Å². The van der Waals surface area contributed by atoms with Crippen molar-refractivity contribution in [3.05, 3.63) is 35.0 Å². The van der Waals surface area contributed by atoms with Crippen LogP contribution in [-0.4, -0.2) is 10.4 Å². The van der Waals surface area contributed by atoms with E-state index in [0.717, 1.165) is 5.56 Å². The molecule has 2 unspecified atom stereocenters. The number of hydrogen-bond acceptors (Lipinski definition) is 1. The Balaban J connectivity index is 0.000000681. The van der Waals surface area contributed by atoms with Crippen LogP contribution in [0, 0.1) is 5.92 Å². The molecular formula is C23H37I3NOV. The third-order valence-electron chi connectivity index (χ3n) is 5.14. The molecule has 0 radical (unpaired) electrons. The molecule has 4 rings (SSSR count). The summed E-state index contributed by atoms with van der Waals surface area (Å²) >= 11 is 7.39. The van der Waals surface area contributed by atoms with Crippen molar-refractivity contribution in [1.82, 2.24) is 4.57 Å². The Morgan fingerprint density at radius 2 is 1.45 bits per heavy atom. The topological polar surface area (TPSA) is 22.0 Å². The number of hydrogen-bond donors (Lipinski definition) is 0. The molecule has 0 spiro atoms. The van der Waals surface area contributed by atoms with Crippen LogP contribution in [0.1, 0.15) is 95.9 Å². The van der Waals surface area contributed by atoms with Crippen molar-refractivity contribution < 1.29 is 9.72 Å². The molecule has 2 heterocycles. The van der Waals surface area contributed by atoms with Crippen molar-refractivity contribution in [1.29, 1.82) is 0 Å². The first-order valence-electron chi connectivity index (χ1n) is 10.9. The quantitative estimate of drug-likeness (QED) is 0.245. The van der Waals surface area contributed by atoms with Crippen LogP contribution in [0.3, 0.4) is 0 Å². The van der Waals surface area contributed by atoms with Crippen LogP contribution in [-0.2, 0) is 17.8 Å². The summed E-state index contributed by atoms with van der Waals surface area (Å²) in [5, 5.41) is 1.33. The number of Topliss-reactive ketones (excluding diaryl/α,β-unsaturated/α-hetero) is 1. The van der Waals surface area contributed by atoms with Gasteiger partial charge in [-0.25, -0.2) is 0 Å². The van der Waals surface area contributed by atoms with Crippen molar-refractivity contribution >= 4 is 76.6 Å². The van der Waals surface area contributed by atoms with E-state index in [1.165, 1.54) is 47.8 Å². The molecule has 1 aromatic heterocycles. The van der Waals surface area contributed by atoms with Crippen LogP contribution in [0.25, 0.3) is 10.9 Å². The number of carbonyl (C=O) groups excluding carboxylic acids is 1. The second kappa shape index (κ2) is 15.9. The molecule has 0 N–H and O–H groups in total. The Morgan fingerprint density at radius 3 is 2.00 bits per heavy atom. The van der Waals surface area contributed by atoms with Gasteiger partial charge in [-0.2, -0.15) is 0 Å². The third kappa shape index (κ3) is 7.36. The molecule has 29 heavy (non-hydrogen) atoms. The molecule has 0 amide bonds. The average molecular weight is 775 g/mol. The molecule has 0 saturated carbocycles. The number of aryl methyl sites for hydroxylation is 1. The SMILES string of the molecule is CC.CC.CC.CC1C(=O)c2cccc3c4c(n(c23)C1C)CCCC4.[I][V]([I])[I]. The third-order valence-corrected chi connectivity index (χ3v) is 5.14. The normalized spacial score (nSPS) is 18.7. The first-order valence-corrected chi connectivity index (χ1v) is 24.4. The number of halogens is 3. The summed E-state index contributed by atoms with van der Waals surface area (Å²) in [5.74, 6) is 0.414. The summed E-state index contributed by atoms with van der Waals surface area (Å²) in [6.45, 7) is 16.3. The van der Waals surface area contributed by atoms with E-state index in [1.807, 2.05) is 47.6 Å². The van der Waals surface area contributed by atoms with E-state index in [2.05, 4.69) is 90.5 Å². The molecule has 2 aromatic rings. The number of aromatic nitrogens is 1. The fraction of sp³-hybridized carbons (Fsp3) is 0.609. The van der Waals surface area contributed by atoms with Crippen LogP contribution in [0.4, 0.5) is 0 Å². The summed E-state index contributed by atoms with van der Waals surface area (Å²) in [5.41, 5.74) is 5.17. The van der Waals surface area contributed by atoms with Gasteiger partial charge in [-0.1, -0.05) is 60.6 Å². The molecule has 2 aliphatic rings. The maximum absolute atomic E-state index is 12.5. The predicted octanol–water partition coefficient (Wildman–Crippen LogP) is 9.65. The van der Waals surface area contributed by atoms with Gasteiger partial charge in [-0.15, -0.1) is 0 Å². The second-order valence-corrected chi connectivity index (χ2v) is 41.7. The molecule has 1 aromatic carbocycles. The first kappa shape index (κ1) is 30.2. The average Bonchev–Trinajstić information content (AvgIpc) is 3.10. The number of ketones is 1. The van der Waals surface area contributed by atoms with E-state index in [9.17, 15) is 4.79 Å². The monoisotopic (exact) mass is 775 g/mol. The number of fused-ring (bicyclic) bond motifs is 3. The van der Waals surface area contributed by atoms with E-state index in [1.54, 1.807) is 0 Å². The number of nitrogens with zero attached hydrogens (tertiary/aromatic N) is 1. The predicted molar refractivity (Wildman–Crippen MR) is 153 cm³/mol. The van der Waals surface area contributed by atoms with Gasteiger partial charge in [0, 0.05) is 28.6 Å². The summed E-state index contributed by atoms with van der Waals surface area (Å²) in [7, 11) is 0. The van der Waals surface area contributed by atoms with E-state index in [-0.39, 0.29) is 10.8 Å². The van der Waals surface area contributed by atoms with Crippen molar-refractivity contribution in [3.8, 4) is 0 Å². The summed E-state index contributed by atoms with van der Waals surface area (Å²) < 4.78 is 2.48. The zero-order valence-electron chi connectivity index (χ0n) is 19.2. The molecule has 0 bridgehead atoms.